The van der Waals surface area contributed by atoms with Crippen molar-refractivity contribution in [3.63, 3.8) is 0 Å². The lowest BCUT2D eigenvalue weighted by atomic mass is 9.97. The molecule has 0 spiro atoms. The highest BCUT2D eigenvalue weighted by molar-refractivity contribution is 5.33. The Morgan fingerprint density at radius 3 is 2.62 bits per heavy atom. The van der Waals surface area contributed by atoms with E-state index in [1.165, 1.54) is 31.7 Å². The van der Waals surface area contributed by atoms with Crippen molar-refractivity contribution in [2.24, 2.45) is 5.92 Å². The van der Waals surface area contributed by atoms with E-state index in [1.807, 2.05) is 0 Å². The van der Waals surface area contributed by atoms with Gasteiger partial charge in [-0.2, -0.15) is 0 Å². The van der Waals surface area contributed by atoms with Crippen molar-refractivity contribution in [1.29, 1.82) is 0 Å². The Bertz CT molecular complexity index is 447. The van der Waals surface area contributed by atoms with Gasteiger partial charge in [-0.25, -0.2) is 0 Å². The highest BCUT2D eigenvalue weighted by Crippen LogP contribution is 2.27. The number of para-hydroxylation sites is 1. The molecule has 0 amide bonds. The van der Waals surface area contributed by atoms with Crippen LogP contribution in [0.25, 0.3) is 0 Å². The molecule has 1 aliphatic rings. The van der Waals surface area contributed by atoms with Gasteiger partial charge in [-0.3, -0.25) is 0 Å². The molecule has 1 saturated carbocycles. The van der Waals surface area contributed by atoms with Gasteiger partial charge in [-0.05, 0) is 24.8 Å². The van der Waals surface area contributed by atoms with Gasteiger partial charge in [-0.15, -0.1) is 13.2 Å². The minimum absolute atomic E-state index is 0.112. The zero-order chi connectivity index (χ0) is 15.3. The monoisotopic (exact) mass is 301 g/mol. The van der Waals surface area contributed by atoms with E-state index in [1.54, 1.807) is 18.2 Å². The molecule has 1 N–H and O–H groups in total. The van der Waals surface area contributed by atoms with Crippen LogP contribution >= 0.6 is 0 Å². The molecule has 1 fully saturated rings. The van der Waals surface area contributed by atoms with Gasteiger partial charge in [0.1, 0.15) is 5.75 Å². The van der Waals surface area contributed by atoms with Gasteiger partial charge in [-0.1, -0.05) is 44.4 Å². The topological polar surface area (TPSA) is 21.3 Å². The Balaban J connectivity index is 1.99. The number of rotatable bonds is 4. The van der Waals surface area contributed by atoms with Crippen LogP contribution < -0.4 is 10.1 Å². The number of benzene rings is 1. The molecule has 1 aromatic rings. The molecule has 2 unspecified atom stereocenters. The molecule has 2 nitrogen and oxygen atoms in total. The summed E-state index contributed by atoms with van der Waals surface area (Å²) >= 11 is 0. The normalized spacial score (nSPS) is 23.6. The summed E-state index contributed by atoms with van der Waals surface area (Å²) in [5.41, 5.74) is 0.547. The van der Waals surface area contributed by atoms with E-state index < -0.39 is 6.36 Å². The fourth-order valence-electron chi connectivity index (χ4n) is 2.91. The minimum Gasteiger partial charge on any atom is -0.405 e. The zero-order valence-electron chi connectivity index (χ0n) is 12.2. The first-order valence-electron chi connectivity index (χ1n) is 7.53. The summed E-state index contributed by atoms with van der Waals surface area (Å²) in [5, 5.41) is 3.41. The molecule has 2 atom stereocenters. The quantitative estimate of drug-likeness (QED) is 0.818. The van der Waals surface area contributed by atoms with Gasteiger partial charge >= 0.3 is 6.36 Å². The molecule has 21 heavy (non-hydrogen) atoms. The van der Waals surface area contributed by atoms with Crippen molar-refractivity contribution in [3.8, 4) is 5.75 Å². The number of hydrogen-bond acceptors (Lipinski definition) is 2. The maximum absolute atomic E-state index is 12.4. The van der Waals surface area contributed by atoms with Crippen molar-refractivity contribution in [2.75, 3.05) is 0 Å². The summed E-state index contributed by atoms with van der Waals surface area (Å²) in [5.74, 6) is 0.446. The molecule has 118 valence electrons. The van der Waals surface area contributed by atoms with E-state index in [9.17, 15) is 13.2 Å². The molecule has 0 heterocycles. The number of ether oxygens (including phenoxy) is 1. The van der Waals surface area contributed by atoms with Crippen molar-refractivity contribution in [3.05, 3.63) is 29.8 Å². The van der Waals surface area contributed by atoms with Crippen LogP contribution in [-0.4, -0.2) is 12.4 Å². The average molecular weight is 301 g/mol. The molecule has 0 saturated heterocycles. The highest BCUT2D eigenvalue weighted by Gasteiger charge is 2.32. The van der Waals surface area contributed by atoms with Crippen LogP contribution in [0.3, 0.4) is 0 Å². The zero-order valence-corrected chi connectivity index (χ0v) is 12.2. The predicted molar refractivity (Wildman–Crippen MR) is 76.0 cm³/mol. The lowest BCUT2D eigenvalue weighted by Gasteiger charge is -2.23. The number of halogens is 3. The van der Waals surface area contributed by atoms with E-state index in [2.05, 4.69) is 17.0 Å². The van der Waals surface area contributed by atoms with E-state index >= 15 is 0 Å². The largest absolute Gasteiger partial charge is 0.573 e. The standard InChI is InChI=1S/C16H22F3NO/c1-12-7-3-2-4-9-14(12)20-11-13-8-5-6-10-15(13)21-16(17,18)19/h5-6,8,10,12,14,20H,2-4,7,9,11H2,1H3. The molecular formula is C16H22F3NO. The molecule has 0 radical (unpaired) electrons. The van der Waals surface area contributed by atoms with Gasteiger partial charge in [0.25, 0.3) is 0 Å². The molecule has 1 aromatic carbocycles. The van der Waals surface area contributed by atoms with E-state index in [0.29, 0.717) is 24.1 Å². The van der Waals surface area contributed by atoms with Crippen LogP contribution in [0.2, 0.25) is 0 Å². The van der Waals surface area contributed by atoms with Crippen LogP contribution in [0.4, 0.5) is 13.2 Å². The number of alkyl halides is 3. The summed E-state index contributed by atoms with van der Waals surface area (Å²) in [4.78, 5) is 0. The van der Waals surface area contributed by atoms with Gasteiger partial charge in [0, 0.05) is 18.2 Å². The Hall–Kier alpha value is -1.23. The van der Waals surface area contributed by atoms with Gasteiger partial charge < -0.3 is 10.1 Å². The highest BCUT2D eigenvalue weighted by atomic mass is 19.4. The van der Waals surface area contributed by atoms with Crippen LogP contribution in [0.5, 0.6) is 5.75 Å². The number of hydrogen-bond donors (Lipinski definition) is 1. The van der Waals surface area contributed by atoms with Crippen LogP contribution in [-0.2, 0) is 6.54 Å². The fourth-order valence-corrected chi connectivity index (χ4v) is 2.91. The smallest absolute Gasteiger partial charge is 0.405 e. The van der Waals surface area contributed by atoms with Crippen molar-refractivity contribution in [1.82, 2.24) is 5.32 Å². The van der Waals surface area contributed by atoms with Crippen molar-refractivity contribution >= 4 is 0 Å². The van der Waals surface area contributed by atoms with Crippen LogP contribution in [0.15, 0.2) is 24.3 Å². The number of nitrogens with one attached hydrogen (secondary N) is 1. The fraction of sp³-hybridized carbons (Fsp3) is 0.625. The third kappa shape index (κ3) is 5.23. The molecule has 2 rings (SSSR count). The Morgan fingerprint density at radius 1 is 1.14 bits per heavy atom. The molecule has 0 aliphatic heterocycles. The Labute approximate surface area is 123 Å². The van der Waals surface area contributed by atoms with Gasteiger partial charge in [0.15, 0.2) is 0 Å². The molecule has 1 aliphatic carbocycles. The Morgan fingerprint density at radius 2 is 1.86 bits per heavy atom. The van der Waals surface area contributed by atoms with Gasteiger partial charge in [0.2, 0.25) is 0 Å². The van der Waals surface area contributed by atoms with E-state index in [4.69, 9.17) is 0 Å². The summed E-state index contributed by atoms with van der Waals surface area (Å²) < 4.78 is 41.3. The first-order valence-corrected chi connectivity index (χ1v) is 7.53. The van der Waals surface area contributed by atoms with Crippen molar-refractivity contribution < 1.29 is 17.9 Å². The van der Waals surface area contributed by atoms with Gasteiger partial charge in [0.05, 0.1) is 0 Å². The SMILES string of the molecule is CC1CCCCCC1NCc1ccccc1OC(F)(F)F. The summed E-state index contributed by atoms with van der Waals surface area (Å²) in [6.45, 7) is 2.61. The van der Waals surface area contributed by atoms with E-state index in [-0.39, 0.29) is 5.75 Å². The summed E-state index contributed by atoms with van der Waals surface area (Å²) in [6.07, 6.45) is 1.29. The maximum Gasteiger partial charge on any atom is 0.573 e. The minimum atomic E-state index is -4.65. The van der Waals surface area contributed by atoms with Crippen LogP contribution in [0.1, 0.15) is 44.6 Å². The molecular weight excluding hydrogens is 279 g/mol. The second-order valence-electron chi connectivity index (χ2n) is 5.76. The maximum atomic E-state index is 12.4. The second-order valence-corrected chi connectivity index (χ2v) is 5.76. The lowest BCUT2D eigenvalue weighted by Crippen LogP contribution is -2.34. The molecule has 0 bridgehead atoms. The molecule has 5 heteroatoms. The van der Waals surface area contributed by atoms with E-state index in [0.717, 1.165) is 6.42 Å². The van der Waals surface area contributed by atoms with Crippen LogP contribution in [0, 0.1) is 5.92 Å². The second kappa shape index (κ2) is 7.16. The first kappa shape index (κ1) is 16.1. The summed E-state index contributed by atoms with van der Waals surface area (Å²) in [7, 11) is 0. The van der Waals surface area contributed by atoms with Crippen molar-refractivity contribution in [2.45, 2.75) is 58.0 Å². The molecule has 0 aromatic heterocycles. The lowest BCUT2D eigenvalue weighted by molar-refractivity contribution is -0.274. The Kier molecular flexibility index (Phi) is 5.51. The summed E-state index contributed by atoms with van der Waals surface area (Å²) in [6, 6.07) is 6.69. The third-order valence-electron chi connectivity index (χ3n) is 4.11. The predicted octanol–water partition coefficient (Wildman–Crippen LogP) is 4.64. The third-order valence-corrected chi connectivity index (χ3v) is 4.11. The average Bonchev–Trinajstić information content (AvgIpc) is 2.61. The first-order chi connectivity index (χ1) is 9.96.